The molecule has 0 spiro atoms. The Morgan fingerprint density at radius 3 is 2.88 bits per heavy atom. The lowest BCUT2D eigenvalue weighted by molar-refractivity contribution is -0.117. The van der Waals surface area contributed by atoms with E-state index in [-0.39, 0.29) is 5.91 Å². The minimum absolute atomic E-state index is 0.0455. The molecule has 1 heterocycles. The van der Waals surface area contributed by atoms with E-state index < -0.39 is 0 Å². The number of amides is 1. The van der Waals surface area contributed by atoms with Crippen molar-refractivity contribution < 1.29 is 4.79 Å². The molecule has 1 aliphatic rings. The number of nitriles is 1. The zero-order chi connectivity index (χ0) is 12.4. The maximum absolute atomic E-state index is 11.9. The van der Waals surface area contributed by atoms with Crippen LogP contribution < -0.4 is 9.80 Å². The van der Waals surface area contributed by atoms with Crippen molar-refractivity contribution in [1.29, 1.82) is 5.26 Å². The third kappa shape index (κ3) is 2.08. The Labute approximate surface area is 106 Å². The Hall–Kier alpha value is -1.67. The van der Waals surface area contributed by atoms with Crippen molar-refractivity contribution >= 4 is 29.9 Å². The lowest BCUT2D eigenvalue weighted by atomic mass is 10.1. The van der Waals surface area contributed by atoms with Gasteiger partial charge in [-0.25, -0.2) is 0 Å². The van der Waals surface area contributed by atoms with Crippen LogP contribution in [0.25, 0.3) is 0 Å². The van der Waals surface area contributed by atoms with Crippen molar-refractivity contribution in [2.75, 3.05) is 35.7 Å². The second-order valence-electron chi connectivity index (χ2n) is 3.94. The molecule has 2 rings (SSSR count). The molecule has 1 aromatic carbocycles. The summed E-state index contributed by atoms with van der Waals surface area (Å²) in [6.07, 6.45) is 0. The van der Waals surface area contributed by atoms with Gasteiger partial charge in [-0.1, -0.05) is 0 Å². The smallest absolute Gasteiger partial charge is 0.246 e. The fourth-order valence-corrected chi connectivity index (χ4v) is 2.18. The molecule has 1 aromatic rings. The average molecular weight is 247 g/mol. The Balaban J connectivity index is 2.51. The monoisotopic (exact) mass is 247 g/mol. The summed E-state index contributed by atoms with van der Waals surface area (Å²) in [5.74, 6) is 0.648. The van der Waals surface area contributed by atoms with Gasteiger partial charge in [-0.15, -0.1) is 0 Å². The molecule has 0 radical (unpaired) electrons. The van der Waals surface area contributed by atoms with Gasteiger partial charge < -0.3 is 9.80 Å². The summed E-state index contributed by atoms with van der Waals surface area (Å²) in [6.45, 7) is 0.935. The van der Waals surface area contributed by atoms with Crippen molar-refractivity contribution in [1.82, 2.24) is 0 Å². The number of rotatable bonds is 2. The van der Waals surface area contributed by atoms with Gasteiger partial charge in [-0.2, -0.15) is 17.9 Å². The predicted octanol–water partition coefficient (Wildman–Crippen LogP) is 1.27. The fourth-order valence-electron chi connectivity index (χ4n) is 1.98. The Kier molecular flexibility index (Phi) is 3.25. The number of likely N-dealkylation sites (N-methyl/N-ethyl adjacent to an activating group) is 1. The lowest BCUT2D eigenvalue weighted by Crippen LogP contribution is -2.45. The standard InChI is InChI=1S/C12H13N3OS/c1-14-8-12(16)15(4-5-17)11-6-9(7-13)2-3-10(11)14/h2-3,6,17H,4-5,8H2,1H3. The zero-order valence-electron chi connectivity index (χ0n) is 9.55. The lowest BCUT2D eigenvalue weighted by Gasteiger charge is -2.35. The maximum Gasteiger partial charge on any atom is 0.246 e. The molecule has 1 aliphatic heterocycles. The van der Waals surface area contributed by atoms with E-state index in [0.717, 1.165) is 11.4 Å². The van der Waals surface area contributed by atoms with Crippen molar-refractivity contribution in [3.8, 4) is 6.07 Å². The number of hydrogen-bond donors (Lipinski definition) is 1. The van der Waals surface area contributed by atoms with Gasteiger partial charge in [0, 0.05) is 19.3 Å². The van der Waals surface area contributed by atoms with E-state index in [1.54, 1.807) is 17.0 Å². The summed E-state index contributed by atoms with van der Waals surface area (Å²) in [4.78, 5) is 15.5. The molecule has 0 aliphatic carbocycles. The summed E-state index contributed by atoms with van der Waals surface area (Å²) in [6, 6.07) is 7.50. The first-order chi connectivity index (χ1) is 8.17. The van der Waals surface area contributed by atoms with Gasteiger partial charge in [0.2, 0.25) is 5.91 Å². The summed E-state index contributed by atoms with van der Waals surface area (Å²) in [5, 5.41) is 8.90. The van der Waals surface area contributed by atoms with Crippen LogP contribution in [-0.4, -0.2) is 31.8 Å². The van der Waals surface area contributed by atoms with Gasteiger partial charge in [0.1, 0.15) is 0 Å². The molecule has 17 heavy (non-hydrogen) atoms. The predicted molar refractivity (Wildman–Crippen MR) is 70.6 cm³/mol. The van der Waals surface area contributed by atoms with E-state index in [4.69, 9.17) is 5.26 Å². The quantitative estimate of drug-likeness (QED) is 0.801. The number of anilines is 2. The molecule has 0 N–H and O–H groups in total. The average Bonchev–Trinajstić information content (AvgIpc) is 2.33. The highest BCUT2D eigenvalue weighted by atomic mass is 32.1. The molecule has 0 aromatic heterocycles. The third-order valence-electron chi connectivity index (χ3n) is 2.80. The number of carbonyl (C=O) groups excluding carboxylic acids is 1. The number of hydrogen-bond acceptors (Lipinski definition) is 4. The highest BCUT2D eigenvalue weighted by molar-refractivity contribution is 7.80. The molecule has 1 amide bonds. The normalized spacial score (nSPS) is 14.5. The molecule has 0 bridgehead atoms. The maximum atomic E-state index is 11.9. The van der Waals surface area contributed by atoms with Crippen LogP contribution >= 0.6 is 12.6 Å². The summed E-state index contributed by atoms with van der Waals surface area (Å²) < 4.78 is 0. The van der Waals surface area contributed by atoms with E-state index in [0.29, 0.717) is 24.4 Å². The third-order valence-corrected chi connectivity index (χ3v) is 3.00. The first-order valence-corrected chi connectivity index (χ1v) is 5.97. The first-order valence-electron chi connectivity index (χ1n) is 5.34. The molecule has 4 nitrogen and oxygen atoms in total. The van der Waals surface area contributed by atoms with Crippen LogP contribution in [0.3, 0.4) is 0 Å². The molecule has 0 saturated carbocycles. The number of thiol groups is 1. The molecule has 0 unspecified atom stereocenters. The van der Waals surface area contributed by atoms with Gasteiger partial charge in [0.15, 0.2) is 0 Å². The highest BCUT2D eigenvalue weighted by Crippen LogP contribution is 2.33. The van der Waals surface area contributed by atoms with Crippen LogP contribution in [0.4, 0.5) is 11.4 Å². The minimum Gasteiger partial charge on any atom is -0.364 e. The van der Waals surface area contributed by atoms with E-state index in [9.17, 15) is 4.79 Å². The Morgan fingerprint density at radius 1 is 1.47 bits per heavy atom. The van der Waals surface area contributed by atoms with Gasteiger partial charge in [-0.05, 0) is 18.2 Å². The van der Waals surface area contributed by atoms with Crippen molar-refractivity contribution in [2.45, 2.75) is 0 Å². The number of nitrogens with zero attached hydrogens (tertiary/aromatic N) is 3. The molecular weight excluding hydrogens is 234 g/mol. The molecular formula is C12H13N3OS. The minimum atomic E-state index is 0.0455. The van der Waals surface area contributed by atoms with Gasteiger partial charge in [-0.3, -0.25) is 4.79 Å². The van der Waals surface area contributed by atoms with Gasteiger partial charge in [0.05, 0.1) is 29.6 Å². The van der Waals surface area contributed by atoms with Crippen LogP contribution in [0, 0.1) is 11.3 Å². The first kappa shape index (κ1) is 11.8. The van der Waals surface area contributed by atoms with Crippen LogP contribution in [0.1, 0.15) is 5.56 Å². The highest BCUT2D eigenvalue weighted by Gasteiger charge is 2.26. The summed E-state index contributed by atoms with van der Waals surface area (Å²) >= 11 is 4.16. The number of carbonyl (C=O) groups is 1. The summed E-state index contributed by atoms with van der Waals surface area (Å²) in [5.41, 5.74) is 2.35. The Bertz CT molecular complexity index is 495. The topological polar surface area (TPSA) is 47.3 Å². The SMILES string of the molecule is CN1CC(=O)N(CCS)c2cc(C#N)ccc21. The van der Waals surface area contributed by atoms with Crippen LogP contribution in [0.2, 0.25) is 0 Å². The van der Waals surface area contributed by atoms with E-state index in [1.807, 2.05) is 18.0 Å². The fraction of sp³-hybridized carbons (Fsp3) is 0.333. The van der Waals surface area contributed by atoms with Crippen LogP contribution in [-0.2, 0) is 4.79 Å². The molecule has 88 valence electrons. The second-order valence-corrected chi connectivity index (χ2v) is 4.39. The van der Waals surface area contributed by atoms with Crippen molar-refractivity contribution in [2.24, 2.45) is 0 Å². The summed E-state index contributed by atoms with van der Waals surface area (Å²) in [7, 11) is 1.88. The number of fused-ring (bicyclic) bond motifs is 1. The van der Waals surface area contributed by atoms with Crippen LogP contribution in [0.15, 0.2) is 18.2 Å². The van der Waals surface area contributed by atoms with E-state index in [2.05, 4.69) is 18.7 Å². The van der Waals surface area contributed by atoms with Gasteiger partial charge in [0.25, 0.3) is 0 Å². The molecule has 0 saturated heterocycles. The van der Waals surface area contributed by atoms with Crippen molar-refractivity contribution in [3.63, 3.8) is 0 Å². The van der Waals surface area contributed by atoms with Crippen molar-refractivity contribution in [3.05, 3.63) is 23.8 Å². The van der Waals surface area contributed by atoms with E-state index >= 15 is 0 Å². The zero-order valence-corrected chi connectivity index (χ0v) is 10.4. The Morgan fingerprint density at radius 2 is 2.24 bits per heavy atom. The largest absolute Gasteiger partial charge is 0.364 e. The molecule has 0 fully saturated rings. The van der Waals surface area contributed by atoms with Gasteiger partial charge >= 0.3 is 0 Å². The number of benzene rings is 1. The molecule has 0 atom stereocenters. The van der Waals surface area contributed by atoms with E-state index in [1.165, 1.54) is 0 Å². The van der Waals surface area contributed by atoms with Crippen LogP contribution in [0.5, 0.6) is 0 Å². The second kappa shape index (κ2) is 4.68. The molecule has 5 heteroatoms.